The van der Waals surface area contributed by atoms with Gasteiger partial charge in [-0.3, -0.25) is 0 Å². The molecule has 0 saturated heterocycles. The smallest absolute Gasteiger partial charge is 0.319 e. The number of hydrogen-bond donors (Lipinski definition) is 2. The van der Waals surface area contributed by atoms with Gasteiger partial charge < -0.3 is 15.4 Å². The lowest BCUT2D eigenvalue weighted by Gasteiger charge is -2.32. The van der Waals surface area contributed by atoms with E-state index in [1.165, 1.54) is 5.56 Å². The zero-order valence-electron chi connectivity index (χ0n) is 14.8. The fourth-order valence-electron chi connectivity index (χ4n) is 2.72. The summed E-state index contributed by atoms with van der Waals surface area (Å²) in [5, 5.41) is 5.81. The van der Waals surface area contributed by atoms with E-state index in [1.807, 2.05) is 62.4 Å². The van der Waals surface area contributed by atoms with Gasteiger partial charge in [-0.15, -0.1) is 0 Å². The van der Waals surface area contributed by atoms with Gasteiger partial charge in [-0.2, -0.15) is 0 Å². The van der Waals surface area contributed by atoms with Crippen LogP contribution >= 0.6 is 0 Å². The van der Waals surface area contributed by atoms with Gasteiger partial charge in [0, 0.05) is 12.8 Å². The van der Waals surface area contributed by atoms with E-state index >= 15 is 0 Å². The minimum absolute atomic E-state index is 0.232. The molecule has 0 radical (unpaired) electrons. The molecular weight excluding hydrogens is 300 g/mol. The zero-order valence-corrected chi connectivity index (χ0v) is 14.8. The number of hydrogen-bond acceptors (Lipinski definition) is 2. The van der Waals surface area contributed by atoms with Crippen molar-refractivity contribution in [2.24, 2.45) is 0 Å². The molecule has 0 aliphatic heterocycles. The Bertz CT molecular complexity index is 679. The van der Waals surface area contributed by atoms with Crippen LogP contribution in [0.4, 0.5) is 10.5 Å². The molecule has 4 heteroatoms. The second-order valence-electron chi connectivity index (χ2n) is 6.02. The van der Waals surface area contributed by atoms with E-state index < -0.39 is 5.60 Å². The van der Waals surface area contributed by atoms with Crippen LogP contribution in [0.5, 0.6) is 0 Å². The number of urea groups is 1. The van der Waals surface area contributed by atoms with E-state index in [-0.39, 0.29) is 6.03 Å². The highest BCUT2D eigenvalue weighted by molar-refractivity contribution is 5.89. The molecule has 2 aromatic rings. The van der Waals surface area contributed by atoms with E-state index in [1.54, 1.807) is 7.11 Å². The van der Waals surface area contributed by atoms with E-state index in [0.717, 1.165) is 23.2 Å². The minimum atomic E-state index is -0.526. The Morgan fingerprint density at radius 1 is 1.08 bits per heavy atom. The van der Waals surface area contributed by atoms with Crippen molar-refractivity contribution in [3.05, 3.63) is 65.2 Å². The van der Waals surface area contributed by atoms with E-state index in [2.05, 4.69) is 17.6 Å². The van der Waals surface area contributed by atoms with E-state index in [4.69, 9.17) is 4.74 Å². The van der Waals surface area contributed by atoms with Crippen molar-refractivity contribution in [3.8, 4) is 0 Å². The summed E-state index contributed by atoms with van der Waals surface area (Å²) in [6.45, 7) is 6.54. The van der Waals surface area contributed by atoms with E-state index in [9.17, 15) is 4.79 Å². The lowest BCUT2D eigenvalue weighted by atomic mass is 9.91. The molecule has 2 N–H and O–H groups in total. The van der Waals surface area contributed by atoms with Crippen molar-refractivity contribution in [2.45, 2.75) is 32.8 Å². The highest BCUT2D eigenvalue weighted by Gasteiger charge is 2.30. The molecule has 2 aromatic carbocycles. The van der Waals surface area contributed by atoms with Crippen LogP contribution in [0, 0.1) is 13.8 Å². The predicted octanol–water partition coefficient (Wildman–Crippen LogP) is 4.38. The van der Waals surface area contributed by atoms with Crippen molar-refractivity contribution < 1.29 is 9.53 Å². The fraction of sp³-hybridized carbons (Fsp3) is 0.350. The molecule has 0 aliphatic carbocycles. The first-order chi connectivity index (χ1) is 11.5. The molecule has 2 amide bonds. The van der Waals surface area contributed by atoms with Gasteiger partial charge in [-0.05, 0) is 49.1 Å². The number of benzene rings is 2. The number of amides is 2. The highest BCUT2D eigenvalue weighted by atomic mass is 16.5. The van der Waals surface area contributed by atoms with Crippen LogP contribution < -0.4 is 10.6 Å². The van der Waals surface area contributed by atoms with Gasteiger partial charge in [0.15, 0.2) is 0 Å². The standard InChI is InChI=1S/C20H26N2O2/c1-5-20(24-4,17-9-7-6-8-10-17)14-21-19(23)22-18-12-11-15(2)16(3)13-18/h6-13H,5,14H2,1-4H3,(H2,21,22,23)/t20-/m1/s1. The van der Waals surface area contributed by atoms with Gasteiger partial charge in [-0.25, -0.2) is 4.79 Å². The van der Waals surface area contributed by atoms with Crippen molar-refractivity contribution >= 4 is 11.7 Å². The predicted molar refractivity (Wildman–Crippen MR) is 98.4 cm³/mol. The summed E-state index contributed by atoms with van der Waals surface area (Å²) in [5.41, 5.74) is 3.67. The van der Waals surface area contributed by atoms with Crippen LogP contribution in [0.3, 0.4) is 0 Å². The molecule has 128 valence electrons. The number of carbonyl (C=O) groups excluding carboxylic acids is 1. The maximum atomic E-state index is 12.2. The Labute approximate surface area is 144 Å². The van der Waals surface area contributed by atoms with Crippen LogP contribution in [0.15, 0.2) is 48.5 Å². The third-order valence-corrected chi connectivity index (χ3v) is 4.56. The zero-order chi connectivity index (χ0) is 17.6. The molecule has 0 aliphatic rings. The van der Waals surface area contributed by atoms with Crippen LogP contribution in [-0.4, -0.2) is 19.7 Å². The largest absolute Gasteiger partial charge is 0.372 e. The number of nitrogens with one attached hydrogen (secondary N) is 2. The first-order valence-corrected chi connectivity index (χ1v) is 8.23. The maximum Gasteiger partial charge on any atom is 0.319 e. The van der Waals surface area contributed by atoms with Gasteiger partial charge in [0.05, 0.1) is 6.54 Å². The Hall–Kier alpha value is -2.33. The molecule has 0 unspecified atom stereocenters. The highest BCUT2D eigenvalue weighted by Crippen LogP contribution is 2.28. The van der Waals surface area contributed by atoms with Crippen LogP contribution in [0.1, 0.15) is 30.0 Å². The second kappa shape index (κ2) is 7.97. The van der Waals surface area contributed by atoms with Crippen molar-refractivity contribution in [2.75, 3.05) is 19.0 Å². The number of carbonyl (C=O) groups is 1. The van der Waals surface area contributed by atoms with Gasteiger partial charge in [0.1, 0.15) is 5.60 Å². The Morgan fingerprint density at radius 3 is 2.38 bits per heavy atom. The summed E-state index contributed by atoms with van der Waals surface area (Å²) in [4.78, 5) is 12.2. The third kappa shape index (κ3) is 4.15. The first kappa shape index (κ1) is 18.0. The van der Waals surface area contributed by atoms with Crippen LogP contribution in [0.25, 0.3) is 0 Å². The monoisotopic (exact) mass is 326 g/mol. The summed E-state index contributed by atoms with van der Waals surface area (Å²) in [6.07, 6.45) is 0.761. The number of anilines is 1. The van der Waals surface area contributed by atoms with Crippen LogP contribution in [-0.2, 0) is 10.3 Å². The summed E-state index contributed by atoms with van der Waals surface area (Å²) >= 11 is 0. The Morgan fingerprint density at radius 2 is 1.79 bits per heavy atom. The average molecular weight is 326 g/mol. The summed E-state index contributed by atoms with van der Waals surface area (Å²) in [5.74, 6) is 0. The normalized spacial score (nSPS) is 13.2. The molecule has 2 rings (SSSR count). The molecule has 0 aromatic heterocycles. The summed E-state index contributed by atoms with van der Waals surface area (Å²) in [7, 11) is 1.68. The topological polar surface area (TPSA) is 50.4 Å². The Balaban J connectivity index is 2.04. The summed E-state index contributed by atoms with van der Waals surface area (Å²) < 4.78 is 5.77. The molecule has 0 heterocycles. The lowest BCUT2D eigenvalue weighted by molar-refractivity contribution is -0.0149. The number of aryl methyl sites for hydroxylation is 2. The van der Waals surface area contributed by atoms with Crippen molar-refractivity contribution in [1.82, 2.24) is 5.32 Å². The molecular formula is C20H26N2O2. The SMILES string of the molecule is CC[C@](CNC(=O)Nc1ccc(C)c(C)c1)(OC)c1ccccc1. The van der Waals surface area contributed by atoms with Crippen molar-refractivity contribution in [1.29, 1.82) is 0 Å². The summed E-state index contributed by atoms with van der Waals surface area (Å²) in [6, 6.07) is 15.6. The molecule has 24 heavy (non-hydrogen) atoms. The maximum absolute atomic E-state index is 12.2. The van der Waals surface area contributed by atoms with Crippen molar-refractivity contribution in [3.63, 3.8) is 0 Å². The number of methoxy groups -OCH3 is 1. The molecule has 0 fully saturated rings. The van der Waals surface area contributed by atoms with Gasteiger partial charge in [-0.1, -0.05) is 43.3 Å². The quantitative estimate of drug-likeness (QED) is 0.828. The Kier molecular flexibility index (Phi) is 5.99. The molecule has 0 spiro atoms. The molecule has 1 atom stereocenters. The van der Waals surface area contributed by atoms with Gasteiger partial charge in [0.2, 0.25) is 0 Å². The fourth-order valence-corrected chi connectivity index (χ4v) is 2.72. The third-order valence-electron chi connectivity index (χ3n) is 4.56. The number of rotatable bonds is 6. The molecule has 0 saturated carbocycles. The molecule has 4 nitrogen and oxygen atoms in total. The van der Waals surface area contributed by atoms with E-state index in [0.29, 0.717) is 6.54 Å². The number of ether oxygens (including phenoxy) is 1. The van der Waals surface area contributed by atoms with Crippen LogP contribution in [0.2, 0.25) is 0 Å². The first-order valence-electron chi connectivity index (χ1n) is 8.23. The van der Waals surface area contributed by atoms with Gasteiger partial charge >= 0.3 is 6.03 Å². The average Bonchev–Trinajstić information content (AvgIpc) is 2.60. The minimum Gasteiger partial charge on any atom is -0.372 e. The molecule has 0 bridgehead atoms. The lowest BCUT2D eigenvalue weighted by Crippen LogP contribution is -2.43. The second-order valence-corrected chi connectivity index (χ2v) is 6.02. The van der Waals surface area contributed by atoms with Gasteiger partial charge in [0.25, 0.3) is 0 Å².